The van der Waals surface area contributed by atoms with Crippen molar-refractivity contribution in [3.05, 3.63) is 29.8 Å². The van der Waals surface area contributed by atoms with E-state index in [4.69, 9.17) is 11.6 Å². The lowest BCUT2D eigenvalue weighted by molar-refractivity contribution is 0.847. The molecule has 0 bridgehead atoms. The maximum Gasteiger partial charge on any atom is 0.135 e. The van der Waals surface area contributed by atoms with Gasteiger partial charge in [-0.05, 0) is 19.1 Å². The Morgan fingerprint density at radius 1 is 1.18 bits per heavy atom. The van der Waals surface area contributed by atoms with Crippen molar-refractivity contribution in [1.82, 2.24) is 0 Å². The van der Waals surface area contributed by atoms with Crippen LogP contribution in [0, 0.1) is 0 Å². The summed E-state index contributed by atoms with van der Waals surface area (Å²) in [5, 5.41) is 3.81. The van der Waals surface area contributed by atoms with Gasteiger partial charge in [0.1, 0.15) is 11.3 Å². The van der Waals surface area contributed by atoms with Crippen LogP contribution in [0.5, 0.6) is 0 Å². The van der Waals surface area contributed by atoms with Crippen molar-refractivity contribution < 1.29 is 0 Å². The van der Waals surface area contributed by atoms with Crippen LogP contribution in [0.3, 0.4) is 0 Å². The highest BCUT2D eigenvalue weighted by molar-refractivity contribution is 6.70. The fourth-order valence-electron chi connectivity index (χ4n) is 1.29. The quantitative estimate of drug-likeness (QED) is 0.715. The lowest BCUT2D eigenvalue weighted by Gasteiger charge is -2.19. The van der Waals surface area contributed by atoms with E-state index in [9.17, 15) is 0 Å². The predicted octanol–water partition coefficient (Wildman–Crippen LogP) is 4.64. The van der Waals surface area contributed by atoms with E-state index in [0.717, 1.165) is 11.3 Å². The summed E-state index contributed by atoms with van der Waals surface area (Å²) >= 11 is 5.95. The maximum absolute atomic E-state index is 5.95. The van der Waals surface area contributed by atoms with E-state index in [-0.39, 0.29) is 6.17 Å². The van der Waals surface area contributed by atoms with Crippen LogP contribution < -0.4 is 5.32 Å². The number of anilines is 1. The lowest BCUT2D eigenvalue weighted by Crippen LogP contribution is -2.20. The van der Waals surface area contributed by atoms with Crippen LogP contribution >= 0.6 is 11.6 Å². The summed E-state index contributed by atoms with van der Waals surface area (Å²) < 4.78 is 0. The Morgan fingerprint density at radius 3 is 2.35 bits per heavy atom. The number of hydrogen-bond donors (Lipinski definition) is 1. The van der Waals surface area contributed by atoms with E-state index in [0.29, 0.717) is 5.17 Å². The van der Waals surface area contributed by atoms with Crippen LogP contribution in [0.25, 0.3) is 0 Å². The summed E-state index contributed by atoms with van der Waals surface area (Å²) in [5.74, 6) is 0. The molecule has 0 radical (unpaired) electrons. The van der Waals surface area contributed by atoms with Crippen molar-refractivity contribution in [3.63, 3.8) is 0 Å². The molecule has 1 saturated carbocycles. The molecule has 17 heavy (non-hydrogen) atoms. The van der Waals surface area contributed by atoms with Crippen LogP contribution in [-0.4, -0.2) is 11.3 Å². The highest BCUT2D eigenvalue weighted by Crippen LogP contribution is 2.23. The Balaban J connectivity index is 0.000000245. The minimum atomic E-state index is 0.0763. The minimum Gasteiger partial charge on any atom is -0.363 e. The summed E-state index contributed by atoms with van der Waals surface area (Å²) in [6, 6.07) is 7.89. The molecular formula is C14H21ClN2. The first-order valence-corrected chi connectivity index (χ1v) is 6.74. The molecule has 0 aromatic heterocycles. The summed E-state index contributed by atoms with van der Waals surface area (Å²) in [5.41, 5.74) is 2.04. The summed E-state index contributed by atoms with van der Waals surface area (Å²) in [6.07, 6.45) is 4.58. The SMILES string of the molecule is C1CC1.CC.C[C@@H]1N=C(Cl)c2ccccc2N1. The first-order valence-electron chi connectivity index (χ1n) is 6.36. The molecule has 94 valence electrons. The third kappa shape index (κ3) is 4.78. The molecule has 1 atom stereocenters. The van der Waals surface area contributed by atoms with Crippen molar-refractivity contribution in [1.29, 1.82) is 0 Å². The van der Waals surface area contributed by atoms with Crippen molar-refractivity contribution >= 4 is 22.5 Å². The average Bonchev–Trinajstić information content (AvgIpc) is 3.19. The van der Waals surface area contributed by atoms with Crippen LogP contribution in [0.4, 0.5) is 5.69 Å². The molecule has 0 spiro atoms. The number of fused-ring (bicyclic) bond motifs is 1. The van der Waals surface area contributed by atoms with Gasteiger partial charge in [-0.15, -0.1) is 0 Å². The van der Waals surface area contributed by atoms with Gasteiger partial charge in [0.2, 0.25) is 0 Å². The zero-order valence-corrected chi connectivity index (χ0v) is 11.6. The number of para-hydroxylation sites is 1. The molecule has 0 saturated heterocycles. The third-order valence-electron chi connectivity index (χ3n) is 2.17. The average molecular weight is 253 g/mol. The van der Waals surface area contributed by atoms with Gasteiger partial charge in [-0.25, -0.2) is 4.99 Å². The van der Waals surface area contributed by atoms with Gasteiger partial charge in [0.05, 0.1) is 0 Å². The van der Waals surface area contributed by atoms with Crippen molar-refractivity contribution in [2.75, 3.05) is 5.32 Å². The highest BCUT2D eigenvalue weighted by atomic mass is 35.5. The second-order valence-corrected chi connectivity index (χ2v) is 4.20. The Morgan fingerprint density at radius 2 is 1.76 bits per heavy atom. The van der Waals surface area contributed by atoms with Gasteiger partial charge in [-0.3, -0.25) is 0 Å². The standard InChI is InChI=1S/C9H9ClN2.C3H6.C2H6/c1-6-11-8-5-3-2-4-7(8)9(10)12-6;1-2-3-1;1-2/h2-6,11H,1H3;1-3H2;1-2H3/t6-;;/m0../s1. The molecular weight excluding hydrogens is 232 g/mol. The first kappa shape index (κ1) is 14.0. The van der Waals surface area contributed by atoms with Crippen molar-refractivity contribution in [2.45, 2.75) is 46.2 Å². The molecule has 3 heteroatoms. The molecule has 1 aromatic rings. The van der Waals surface area contributed by atoms with E-state index in [1.165, 1.54) is 19.3 Å². The fraction of sp³-hybridized carbons (Fsp3) is 0.500. The fourth-order valence-corrected chi connectivity index (χ4v) is 1.60. The van der Waals surface area contributed by atoms with Gasteiger partial charge in [-0.1, -0.05) is 56.8 Å². The van der Waals surface area contributed by atoms with Crippen molar-refractivity contribution in [3.8, 4) is 0 Å². The number of benzene rings is 1. The van der Waals surface area contributed by atoms with E-state index in [2.05, 4.69) is 10.3 Å². The number of nitrogens with zero attached hydrogens (tertiary/aromatic N) is 1. The molecule has 0 unspecified atom stereocenters. The van der Waals surface area contributed by atoms with Crippen LogP contribution in [0.1, 0.15) is 45.6 Å². The molecule has 1 aromatic carbocycles. The van der Waals surface area contributed by atoms with Crippen LogP contribution in [0.2, 0.25) is 0 Å². The Hall–Kier alpha value is -1.02. The highest BCUT2D eigenvalue weighted by Gasteiger charge is 2.14. The lowest BCUT2D eigenvalue weighted by atomic mass is 10.1. The molecule has 0 amide bonds. The molecule has 1 heterocycles. The van der Waals surface area contributed by atoms with E-state index >= 15 is 0 Å². The van der Waals surface area contributed by atoms with Gasteiger partial charge >= 0.3 is 0 Å². The van der Waals surface area contributed by atoms with E-state index < -0.39 is 0 Å². The first-order chi connectivity index (χ1) is 8.27. The second kappa shape index (κ2) is 7.33. The summed E-state index contributed by atoms with van der Waals surface area (Å²) in [6.45, 7) is 5.97. The summed E-state index contributed by atoms with van der Waals surface area (Å²) in [7, 11) is 0. The molecule has 2 aliphatic rings. The van der Waals surface area contributed by atoms with Crippen molar-refractivity contribution in [2.24, 2.45) is 4.99 Å². The molecule has 1 aliphatic carbocycles. The molecule has 1 aliphatic heterocycles. The van der Waals surface area contributed by atoms with Gasteiger partial charge in [0.15, 0.2) is 0 Å². The Bertz CT molecular complexity index is 369. The zero-order valence-electron chi connectivity index (χ0n) is 10.8. The number of halogens is 1. The largest absolute Gasteiger partial charge is 0.363 e. The van der Waals surface area contributed by atoms with Gasteiger partial charge < -0.3 is 5.32 Å². The maximum atomic E-state index is 5.95. The van der Waals surface area contributed by atoms with E-state index in [1.54, 1.807) is 0 Å². The van der Waals surface area contributed by atoms with Gasteiger partial charge in [0.25, 0.3) is 0 Å². The molecule has 2 nitrogen and oxygen atoms in total. The minimum absolute atomic E-state index is 0.0763. The number of rotatable bonds is 0. The summed E-state index contributed by atoms with van der Waals surface area (Å²) in [4.78, 5) is 4.19. The second-order valence-electron chi connectivity index (χ2n) is 3.85. The zero-order chi connectivity index (χ0) is 12.7. The van der Waals surface area contributed by atoms with Crippen LogP contribution in [-0.2, 0) is 0 Å². The topological polar surface area (TPSA) is 24.4 Å². The third-order valence-corrected chi connectivity index (χ3v) is 2.48. The molecule has 1 fully saturated rings. The Labute approximate surface area is 109 Å². The molecule has 3 rings (SSSR count). The van der Waals surface area contributed by atoms with Crippen LogP contribution in [0.15, 0.2) is 29.3 Å². The smallest absolute Gasteiger partial charge is 0.135 e. The van der Waals surface area contributed by atoms with Gasteiger partial charge in [-0.2, -0.15) is 0 Å². The normalized spacial score (nSPS) is 19.3. The molecule has 1 N–H and O–H groups in total. The number of hydrogen-bond acceptors (Lipinski definition) is 2. The van der Waals surface area contributed by atoms with Gasteiger partial charge in [0, 0.05) is 11.3 Å². The number of nitrogens with one attached hydrogen (secondary N) is 1. The van der Waals surface area contributed by atoms with E-state index in [1.807, 2.05) is 45.0 Å². The predicted molar refractivity (Wildman–Crippen MR) is 77.1 cm³/mol. The Kier molecular flexibility index (Phi) is 6.06. The monoisotopic (exact) mass is 252 g/mol. The number of aliphatic imine (C=N–C) groups is 1.